The molecule has 5 heteroatoms. The van der Waals surface area contributed by atoms with Gasteiger partial charge in [0, 0.05) is 30.9 Å². The third-order valence-corrected chi connectivity index (χ3v) is 4.85. The molecule has 0 saturated heterocycles. The topological polar surface area (TPSA) is 58.4 Å². The molecule has 26 heavy (non-hydrogen) atoms. The van der Waals surface area contributed by atoms with Gasteiger partial charge in [0.05, 0.1) is 17.9 Å². The standard InChI is InChI=1S/C21H21N3O2/c1-24(16-6-3-2-4-7-16)20-11-10-15(14-22-20)21(25)23-18-8-5-9-19-17(18)12-13-26-19/h2-4,6-7,10-14,18H,5,8-9H2,1H3,(H,23,25). The Morgan fingerprint density at radius 3 is 2.81 bits per heavy atom. The first kappa shape index (κ1) is 16.4. The van der Waals surface area contributed by atoms with Crippen molar-refractivity contribution in [2.75, 3.05) is 11.9 Å². The quantitative estimate of drug-likeness (QED) is 0.766. The number of hydrogen-bond acceptors (Lipinski definition) is 4. The van der Waals surface area contributed by atoms with E-state index in [0.717, 1.165) is 42.1 Å². The van der Waals surface area contributed by atoms with Crippen LogP contribution in [0.1, 0.15) is 40.6 Å². The average Bonchev–Trinajstić information content (AvgIpc) is 3.18. The van der Waals surface area contributed by atoms with Crippen molar-refractivity contribution in [3.8, 4) is 0 Å². The summed E-state index contributed by atoms with van der Waals surface area (Å²) < 4.78 is 5.49. The van der Waals surface area contributed by atoms with Gasteiger partial charge in [0.2, 0.25) is 0 Å². The van der Waals surface area contributed by atoms with Crippen LogP contribution in [0.4, 0.5) is 11.5 Å². The molecule has 1 aliphatic rings. The smallest absolute Gasteiger partial charge is 0.253 e. The molecule has 1 N–H and O–H groups in total. The van der Waals surface area contributed by atoms with E-state index >= 15 is 0 Å². The maximum atomic E-state index is 12.6. The lowest BCUT2D eigenvalue weighted by atomic mass is 9.93. The van der Waals surface area contributed by atoms with Crippen molar-refractivity contribution in [2.24, 2.45) is 0 Å². The number of para-hydroxylation sites is 1. The van der Waals surface area contributed by atoms with Crippen molar-refractivity contribution >= 4 is 17.4 Å². The van der Waals surface area contributed by atoms with Gasteiger partial charge in [-0.3, -0.25) is 4.79 Å². The molecular weight excluding hydrogens is 326 g/mol. The van der Waals surface area contributed by atoms with E-state index < -0.39 is 0 Å². The van der Waals surface area contributed by atoms with Crippen molar-refractivity contribution in [2.45, 2.75) is 25.3 Å². The van der Waals surface area contributed by atoms with Gasteiger partial charge in [-0.2, -0.15) is 0 Å². The van der Waals surface area contributed by atoms with Gasteiger partial charge >= 0.3 is 0 Å². The fourth-order valence-corrected chi connectivity index (χ4v) is 3.38. The van der Waals surface area contributed by atoms with Gasteiger partial charge in [-0.05, 0) is 43.2 Å². The molecule has 1 unspecified atom stereocenters. The van der Waals surface area contributed by atoms with Gasteiger partial charge in [0.25, 0.3) is 5.91 Å². The number of carbonyl (C=O) groups excluding carboxylic acids is 1. The molecule has 1 aliphatic carbocycles. The van der Waals surface area contributed by atoms with E-state index in [9.17, 15) is 4.79 Å². The first-order chi connectivity index (χ1) is 12.7. The number of fused-ring (bicyclic) bond motifs is 1. The van der Waals surface area contributed by atoms with E-state index in [4.69, 9.17) is 4.42 Å². The minimum atomic E-state index is -0.106. The number of benzene rings is 1. The summed E-state index contributed by atoms with van der Waals surface area (Å²) >= 11 is 0. The monoisotopic (exact) mass is 347 g/mol. The second kappa shape index (κ2) is 7.04. The highest BCUT2D eigenvalue weighted by atomic mass is 16.3. The number of pyridine rings is 1. The van der Waals surface area contributed by atoms with E-state index in [1.54, 1.807) is 12.5 Å². The number of nitrogens with one attached hydrogen (secondary N) is 1. The van der Waals surface area contributed by atoms with E-state index in [1.165, 1.54) is 0 Å². The molecule has 0 aliphatic heterocycles. The van der Waals surface area contributed by atoms with Gasteiger partial charge in [-0.25, -0.2) is 4.98 Å². The van der Waals surface area contributed by atoms with Crippen molar-refractivity contribution in [3.05, 3.63) is 77.9 Å². The number of anilines is 2. The summed E-state index contributed by atoms with van der Waals surface area (Å²) in [5, 5.41) is 3.11. The number of rotatable bonds is 4. The normalized spacial score (nSPS) is 16.0. The van der Waals surface area contributed by atoms with Crippen LogP contribution in [0.2, 0.25) is 0 Å². The molecule has 2 heterocycles. The zero-order chi connectivity index (χ0) is 17.9. The van der Waals surface area contributed by atoms with Crippen LogP contribution >= 0.6 is 0 Å². The molecule has 5 nitrogen and oxygen atoms in total. The highest BCUT2D eigenvalue weighted by Crippen LogP contribution is 2.30. The number of carbonyl (C=O) groups is 1. The van der Waals surface area contributed by atoms with Crippen LogP contribution in [0.25, 0.3) is 0 Å². The van der Waals surface area contributed by atoms with Gasteiger partial charge in [-0.1, -0.05) is 18.2 Å². The van der Waals surface area contributed by atoms with Crippen LogP contribution in [0.5, 0.6) is 0 Å². The molecule has 4 rings (SSSR count). The molecule has 1 aromatic carbocycles. The van der Waals surface area contributed by atoms with Crippen molar-refractivity contribution < 1.29 is 9.21 Å². The second-order valence-electron chi connectivity index (χ2n) is 6.52. The molecule has 1 amide bonds. The van der Waals surface area contributed by atoms with Crippen molar-refractivity contribution in [1.82, 2.24) is 10.3 Å². The van der Waals surface area contributed by atoms with Gasteiger partial charge in [-0.15, -0.1) is 0 Å². The first-order valence-electron chi connectivity index (χ1n) is 8.84. The highest BCUT2D eigenvalue weighted by molar-refractivity contribution is 5.94. The second-order valence-corrected chi connectivity index (χ2v) is 6.52. The fourth-order valence-electron chi connectivity index (χ4n) is 3.38. The summed E-state index contributed by atoms with van der Waals surface area (Å²) in [6.07, 6.45) is 6.22. The van der Waals surface area contributed by atoms with E-state index in [-0.39, 0.29) is 11.9 Å². The van der Waals surface area contributed by atoms with E-state index in [0.29, 0.717) is 5.56 Å². The third-order valence-electron chi connectivity index (χ3n) is 4.85. The Balaban J connectivity index is 1.47. The van der Waals surface area contributed by atoms with E-state index in [2.05, 4.69) is 10.3 Å². The molecule has 1 atom stereocenters. The lowest BCUT2D eigenvalue weighted by molar-refractivity contribution is 0.0932. The molecule has 3 aromatic rings. The van der Waals surface area contributed by atoms with Gasteiger partial charge in [0.15, 0.2) is 0 Å². The van der Waals surface area contributed by atoms with Crippen molar-refractivity contribution in [3.63, 3.8) is 0 Å². The highest BCUT2D eigenvalue weighted by Gasteiger charge is 2.24. The molecular formula is C21H21N3O2. The molecule has 2 aromatic heterocycles. The molecule has 0 spiro atoms. The summed E-state index contributed by atoms with van der Waals surface area (Å²) in [5.74, 6) is 1.67. The Morgan fingerprint density at radius 2 is 2.04 bits per heavy atom. The lowest BCUT2D eigenvalue weighted by Gasteiger charge is -2.23. The number of amides is 1. The Hall–Kier alpha value is -3.08. The van der Waals surface area contributed by atoms with Crippen LogP contribution in [-0.2, 0) is 6.42 Å². The molecule has 132 valence electrons. The third kappa shape index (κ3) is 3.20. The van der Waals surface area contributed by atoms with Crippen LogP contribution < -0.4 is 10.2 Å². The van der Waals surface area contributed by atoms with Crippen molar-refractivity contribution in [1.29, 1.82) is 0 Å². The molecule has 0 saturated carbocycles. The van der Waals surface area contributed by atoms with Gasteiger partial charge < -0.3 is 14.6 Å². The first-order valence-corrected chi connectivity index (χ1v) is 8.84. The maximum Gasteiger partial charge on any atom is 0.253 e. The Kier molecular flexibility index (Phi) is 4.44. The maximum absolute atomic E-state index is 12.6. The lowest BCUT2D eigenvalue weighted by Crippen LogP contribution is -2.30. The zero-order valence-corrected chi connectivity index (χ0v) is 14.7. The SMILES string of the molecule is CN(c1ccccc1)c1ccc(C(=O)NC2CCCc3occc32)cn1. The Labute approximate surface area is 152 Å². The average molecular weight is 347 g/mol. The molecule has 0 fully saturated rings. The fraction of sp³-hybridized carbons (Fsp3) is 0.238. The van der Waals surface area contributed by atoms with Crippen LogP contribution in [0, 0.1) is 0 Å². The predicted octanol–water partition coefficient (Wildman–Crippen LogP) is 4.25. The minimum Gasteiger partial charge on any atom is -0.469 e. The summed E-state index contributed by atoms with van der Waals surface area (Å²) in [6.45, 7) is 0. The number of aryl methyl sites for hydroxylation is 1. The summed E-state index contributed by atoms with van der Waals surface area (Å²) in [7, 11) is 1.96. The summed E-state index contributed by atoms with van der Waals surface area (Å²) in [5.41, 5.74) is 2.70. The Bertz CT molecular complexity index is 887. The minimum absolute atomic E-state index is 0.0108. The predicted molar refractivity (Wildman–Crippen MR) is 101 cm³/mol. The zero-order valence-electron chi connectivity index (χ0n) is 14.7. The summed E-state index contributed by atoms with van der Waals surface area (Å²) in [6, 6.07) is 15.6. The molecule has 0 bridgehead atoms. The molecule has 0 radical (unpaired) electrons. The number of furan rings is 1. The number of aromatic nitrogens is 1. The number of nitrogens with zero attached hydrogens (tertiary/aromatic N) is 2. The largest absolute Gasteiger partial charge is 0.469 e. The van der Waals surface area contributed by atoms with Crippen LogP contribution in [0.15, 0.2) is 65.4 Å². The Morgan fingerprint density at radius 1 is 1.19 bits per heavy atom. The van der Waals surface area contributed by atoms with Crippen LogP contribution in [0.3, 0.4) is 0 Å². The van der Waals surface area contributed by atoms with E-state index in [1.807, 2.05) is 60.5 Å². The van der Waals surface area contributed by atoms with Crippen LogP contribution in [-0.4, -0.2) is 17.9 Å². The summed E-state index contributed by atoms with van der Waals surface area (Å²) in [4.78, 5) is 19.0. The van der Waals surface area contributed by atoms with Gasteiger partial charge in [0.1, 0.15) is 11.6 Å². The number of hydrogen-bond donors (Lipinski definition) is 1.